The van der Waals surface area contributed by atoms with Crippen LogP contribution in [0.4, 0.5) is 5.82 Å². The van der Waals surface area contributed by atoms with Gasteiger partial charge in [0.15, 0.2) is 5.82 Å². The molecule has 7 heteroatoms. The van der Waals surface area contributed by atoms with E-state index in [1.54, 1.807) is 22.6 Å². The minimum absolute atomic E-state index is 0.00754. The SMILES string of the molecule is O=C1CSCc2cn(-c3nccs3)nc2N1. The standard InChI is InChI=1S/C9H8N4OS2/c14-7-5-15-4-6-3-13(12-8(6)11-7)9-10-1-2-16-9/h1-3H,4-5H2,(H,11,12,14). The van der Waals surface area contributed by atoms with Gasteiger partial charge in [0.05, 0.1) is 5.75 Å². The van der Waals surface area contributed by atoms with Crippen molar-refractivity contribution >= 4 is 34.8 Å². The number of amides is 1. The van der Waals surface area contributed by atoms with Crippen LogP contribution in [0.3, 0.4) is 0 Å². The highest BCUT2D eigenvalue weighted by Gasteiger charge is 2.17. The first-order valence-electron chi connectivity index (χ1n) is 4.69. The van der Waals surface area contributed by atoms with Crippen molar-refractivity contribution in [1.29, 1.82) is 0 Å². The average Bonchev–Trinajstić information content (AvgIpc) is 2.86. The minimum atomic E-state index is 0.00754. The van der Waals surface area contributed by atoms with Crippen LogP contribution in [0.2, 0.25) is 0 Å². The fourth-order valence-electron chi connectivity index (χ4n) is 1.47. The lowest BCUT2D eigenvalue weighted by molar-refractivity contribution is -0.113. The fourth-order valence-corrected chi connectivity index (χ4v) is 2.83. The number of hydrogen-bond donors (Lipinski definition) is 1. The molecule has 3 rings (SSSR count). The van der Waals surface area contributed by atoms with E-state index in [-0.39, 0.29) is 5.91 Å². The first kappa shape index (κ1) is 9.86. The summed E-state index contributed by atoms with van der Waals surface area (Å²) in [6, 6.07) is 0. The first-order valence-corrected chi connectivity index (χ1v) is 6.72. The van der Waals surface area contributed by atoms with Gasteiger partial charge in [0.2, 0.25) is 11.0 Å². The van der Waals surface area contributed by atoms with E-state index in [0.29, 0.717) is 11.6 Å². The monoisotopic (exact) mass is 252 g/mol. The summed E-state index contributed by atoms with van der Waals surface area (Å²) in [6.07, 6.45) is 3.66. The third kappa shape index (κ3) is 1.72. The molecule has 0 saturated heterocycles. The second-order valence-corrected chi connectivity index (χ2v) is 5.16. The van der Waals surface area contributed by atoms with Crippen molar-refractivity contribution in [1.82, 2.24) is 14.8 Å². The van der Waals surface area contributed by atoms with E-state index in [9.17, 15) is 4.79 Å². The van der Waals surface area contributed by atoms with E-state index >= 15 is 0 Å². The Morgan fingerprint density at radius 2 is 2.38 bits per heavy atom. The first-order chi connectivity index (χ1) is 7.83. The molecule has 1 aliphatic rings. The molecule has 16 heavy (non-hydrogen) atoms. The number of thioether (sulfide) groups is 1. The predicted octanol–water partition coefficient (Wildman–Crippen LogP) is 1.51. The van der Waals surface area contributed by atoms with Crippen LogP contribution < -0.4 is 5.32 Å². The van der Waals surface area contributed by atoms with E-state index in [0.717, 1.165) is 16.4 Å². The molecule has 0 fully saturated rings. The summed E-state index contributed by atoms with van der Waals surface area (Å²) in [7, 11) is 0. The molecule has 0 spiro atoms. The van der Waals surface area contributed by atoms with Crippen molar-refractivity contribution in [3.05, 3.63) is 23.3 Å². The number of carbonyl (C=O) groups excluding carboxylic acids is 1. The van der Waals surface area contributed by atoms with Gasteiger partial charge >= 0.3 is 0 Å². The van der Waals surface area contributed by atoms with Crippen LogP contribution in [-0.4, -0.2) is 26.4 Å². The Morgan fingerprint density at radius 1 is 1.44 bits per heavy atom. The number of rotatable bonds is 1. The third-order valence-corrected chi connectivity index (χ3v) is 3.90. The zero-order valence-electron chi connectivity index (χ0n) is 8.21. The lowest BCUT2D eigenvalue weighted by atomic mass is 10.4. The van der Waals surface area contributed by atoms with Crippen molar-refractivity contribution in [2.45, 2.75) is 5.75 Å². The third-order valence-electron chi connectivity index (χ3n) is 2.15. The summed E-state index contributed by atoms with van der Waals surface area (Å²) >= 11 is 3.11. The number of carbonyl (C=O) groups is 1. The van der Waals surface area contributed by atoms with Crippen LogP contribution in [-0.2, 0) is 10.5 Å². The van der Waals surface area contributed by atoms with Crippen molar-refractivity contribution in [2.75, 3.05) is 11.1 Å². The normalized spacial score (nSPS) is 15.4. The van der Waals surface area contributed by atoms with Crippen LogP contribution in [0, 0.1) is 0 Å². The number of anilines is 1. The van der Waals surface area contributed by atoms with Gasteiger partial charge in [-0.15, -0.1) is 28.2 Å². The van der Waals surface area contributed by atoms with Gasteiger partial charge in [0.1, 0.15) is 0 Å². The molecule has 0 saturated carbocycles. The Hall–Kier alpha value is -1.34. The fraction of sp³-hybridized carbons (Fsp3) is 0.222. The molecule has 0 radical (unpaired) electrons. The largest absolute Gasteiger partial charge is 0.308 e. The number of nitrogens with one attached hydrogen (secondary N) is 1. The Kier molecular flexibility index (Phi) is 2.41. The Morgan fingerprint density at radius 3 is 3.19 bits per heavy atom. The van der Waals surface area contributed by atoms with E-state index in [1.165, 1.54) is 11.3 Å². The molecule has 1 N–H and O–H groups in total. The predicted molar refractivity (Wildman–Crippen MR) is 64.0 cm³/mol. The Labute approximate surface area is 99.9 Å². The van der Waals surface area contributed by atoms with E-state index < -0.39 is 0 Å². The summed E-state index contributed by atoms with van der Waals surface area (Å²) in [5, 5.41) is 9.82. The molecule has 2 aromatic rings. The van der Waals surface area contributed by atoms with Gasteiger partial charge in [0, 0.05) is 29.1 Å². The van der Waals surface area contributed by atoms with Gasteiger partial charge in [0.25, 0.3) is 0 Å². The number of aromatic nitrogens is 3. The number of thiazole rings is 1. The molecule has 0 bridgehead atoms. The molecule has 0 unspecified atom stereocenters. The van der Waals surface area contributed by atoms with Gasteiger partial charge in [-0.05, 0) is 0 Å². The van der Waals surface area contributed by atoms with Gasteiger partial charge in [-0.25, -0.2) is 9.67 Å². The van der Waals surface area contributed by atoms with Gasteiger partial charge < -0.3 is 5.32 Å². The van der Waals surface area contributed by atoms with Crippen LogP contribution in [0.1, 0.15) is 5.56 Å². The number of fused-ring (bicyclic) bond motifs is 1. The molecule has 0 aliphatic carbocycles. The molecular weight excluding hydrogens is 244 g/mol. The molecule has 1 aliphatic heterocycles. The summed E-state index contributed by atoms with van der Waals surface area (Å²) in [4.78, 5) is 15.5. The van der Waals surface area contributed by atoms with Gasteiger partial charge in [-0.2, -0.15) is 0 Å². The second kappa shape index (κ2) is 3.91. The summed E-state index contributed by atoms with van der Waals surface area (Å²) in [6.45, 7) is 0. The topological polar surface area (TPSA) is 59.8 Å². The Bertz CT molecular complexity index is 520. The van der Waals surface area contributed by atoms with Crippen LogP contribution in [0.5, 0.6) is 0 Å². The van der Waals surface area contributed by atoms with Crippen molar-refractivity contribution in [2.24, 2.45) is 0 Å². The van der Waals surface area contributed by atoms with Crippen LogP contribution >= 0.6 is 23.1 Å². The molecule has 0 atom stereocenters. The lowest BCUT2D eigenvalue weighted by Gasteiger charge is -1.97. The van der Waals surface area contributed by atoms with Crippen LogP contribution in [0.25, 0.3) is 5.13 Å². The number of hydrogen-bond acceptors (Lipinski definition) is 5. The minimum Gasteiger partial charge on any atom is -0.308 e. The molecule has 1 amide bonds. The number of nitrogens with zero attached hydrogens (tertiary/aromatic N) is 3. The summed E-state index contributed by atoms with van der Waals surface area (Å²) < 4.78 is 1.71. The smallest absolute Gasteiger partial charge is 0.235 e. The van der Waals surface area contributed by atoms with Crippen molar-refractivity contribution in [3.8, 4) is 5.13 Å². The van der Waals surface area contributed by atoms with Gasteiger partial charge in [-0.1, -0.05) is 0 Å². The highest BCUT2D eigenvalue weighted by atomic mass is 32.2. The van der Waals surface area contributed by atoms with Crippen LogP contribution in [0.15, 0.2) is 17.8 Å². The van der Waals surface area contributed by atoms with E-state index in [2.05, 4.69) is 15.4 Å². The van der Waals surface area contributed by atoms with E-state index in [4.69, 9.17) is 0 Å². The highest BCUT2D eigenvalue weighted by molar-refractivity contribution is 7.99. The summed E-state index contributed by atoms with van der Waals surface area (Å²) in [5.74, 6) is 1.96. The average molecular weight is 252 g/mol. The molecular formula is C9H8N4OS2. The van der Waals surface area contributed by atoms with Crippen molar-refractivity contribution in [3.63, 3.8) is 0 Å². The van der Waals surface area contributed by atoms with Gasteiger partial charge in [-0.3, -0.25) is 4.79 Å². The zero-order valence-corrected chi connectivity index (χ0v) is 9.85. The Balaban J connectivity index is 2.00. The zero-order chi connectivity index (χ0) is 11.0. The van der Waals surface area contributed by atoms with E-state index in [1.807, 2.05) is 11.6 Å². The molecule has 82 valence electrons. The highest BCUT2D eigenvalue weighted by Crippen LogP contribution is 2.25. The molecule has 2 aromatic heterocycles. The lowest BCUT2D eigenvalue weighted by Crippen LogP contribution is -2.13. The second-order valence-electron chi connectivity index (χ2n) is 3.30. The molecule has 0 aromatic carbocycles. The maximum atomic E-state index is 11.3. The quantitative estimate of drug-likeness (QED) is 0.836. The molecule has 3 heterocycles. The van der Waals surface area contributed by atoms with Crippen molar-refractivity contribution < 1.29 is 4.79 Å². The molecule has 5 nitrogen and oxygen atoms in total. The summed E-state index contributed by atoms with van der Waals surface area (Å²) in [5.41, 5.74) is 1.05. The maximum absolute atomic E-state index is 11.3. The maximum Gasteiger partial charge on any atom is 0.235 e.